The van der Waals surface area contributed by atoms with Gasteiger partial charge < -0.3 is 10.5 Å². The van der Waals surface area contributed by atoms with E-state index in [-0.39, 0.29) is 6.04 Å². The summed E-state index contributed by atoms with van der Waals surface area (Å²) in [6.07, 6.45) is 5.06. The van der Waals surface area contributed by atoms with Crippen LogP contribution in [-0.4, -0.2) is 17.7 Å². The molecule has 0 fully saturated rings. The molecule has 0 heterocycles. The van der Waals surface area contributed by atoms with Gasteiger partial charge in [0.1, 0.15) is 0 Å². The van der Waals surface area contributed by atoms with Crippen molar-refractivity contribution < 1.29 is 4.74 Å². The lowest BCUT2D eigenvalue weighted by Crippen LogP contribution is -2.44. The third kappa shape index (κ3) is 2.02. The Labute approximate surface area is 82.0 Å². The fraction of sp³-hybridized carbons (Fsp3) is 0.500. The van der Waals surface area contributed by atoms with Crippen molar-refractivity contribution in [3.05, 3.63) is 23.3 Å². The molecule has 0 aliphatic heterocycles. The zero-order valence-corrected chi connectivity index (χ0v) is 8.27. The van der Waals surface area contributed by atoms with Crippen molar-refractivity contribution in [2.75, 3.05) is 6.61 Å². The van der Waals surface area contributed by atoms with Crippen molar-refractivity contribution in [2.24, 2.45) is 5.73 Å². The van der Waals surface area contributed by atoms with Crippen LogP contribution in [0.25, 0.3) is 0 Å². The van der Waals surface area contributed by atoms with Crippen LogP contribution >= 0.6 is 23.2 Å². The molecule has 2 N–H and O–H groups in total. The van der Waals surface area contributed by atoms with Crippen LogP contribution in [0.4, 0.5) is 0 Å². The second-order valence-corrected chi connectivity index (χ2v) is 3.57. The van der Waals surface area contributed by atoms with E-state index in [9.17, 15) is 0 Å². The minimum absolute atomic E-state index is 0.346. The molecule has 0 aromatic rings. The number of rotatable bonds is 2. The van der Waals surface area contributed by atoms with Crippen LogP contribution in [0.5, 0.6) is 0 Å². The summed E-state index contributed by atoms with van der Waals surface area (Å²) in [7, 11) is 0. The minimum Gasteiger partial charge on any atom is -0.354 e. The highest BCUT2D eigenvalue weighted by atomic mass is 35.5. The second-order valence-electron chi connectivity index (χ2n) is 2.54. The van der Waals surface area contributed by atoms with E-state index in [2.05, 4.69) is 0 Å². The predicted molar refractivity (Wildman–Crippen MR) is 51.3 cm³/mol. The quantitative estimate of drug-likeness (QED) is 0.704. The summed E-state index contributed by atoms with van der Waals surface area (Å²) in [5.74, 6) is 0. The minimum atomic E-state index is -0.972. The van der Waals surface area contributed by atoms with Crippen LogP contribution in [0.1, 0.15) is 6.92 Å². The Bertz CT molecular complexity index is 227. The average Bonchev–Trinajstić information content (AvgIpc) is 1.98. The third-order valence-corrected chi connectivity index (χ3v) is 2.32. The van der Waals surface area contributed by atoms with E-state index in [1.54, 1.807) is 18.2 Å². The van der Waals surface area contributed by atoms with Crippen molar-refractivity contribution in [1.29, 1.82) is 0 Å². The summed E-state index contributed by atoms with van der Waals surface area (Å²) in [5.41, 5.74) is 5.71. The summed E-state index contributed by atoms with van der Waals surface area (Å²) in [4.78, 5) is 0. The molecule has 2 nitrogen and oxygen atoms in total. The lowest BCUT2D eigenvalue weighted by Gasteiger charge is -2.30. The van der Waals surface area contributed by atoms with Gasteiger partial charge in [0.15, 0.2) is 5.06 Å². The van der Waals surface area contributed by atoms with Gasteiger partial charge in [0, 0.05) is 11.6 Å². The lowest BCUT2D eigenvalue weighted by atomic mass is 10.1. The highest BCUT2D eigenvalue weighted by Gasteiger charge is 2.33. The SMILES string of the molecule is CCOC1(Cl)C=C(Cl)C=CC1N. The number of ether oxygens (including phenoxy) is 1. The first-order valence-electron chi connectivity index (χ1n) is 3.73. The van der Waals surface area contributed by atoms with Gasteiger partial charge in [0.05, 0.1) is 6.04 Å². The van der Waals surface area contributed by atoms with Crippen molar-refractivity contribution >= 4 is 23.2 Å². The lowest BCUT2D eigenvalue weighted by molar-refractivity contribution is 0.0536. The molecule has 0 amide bonds. The summed E-state index contributed by atoms with van der Waals surface area (Å²) in [5, 5.41) is -0.416. The molecular weight excluding hydrogens is 197 g/mol. The van der Waals surface area contributed by atoms with Crippen molar-refractivity contribution in [3.63, 3.8) is 0 Å². The van der Waals surface area contributed by atoms with Gasteiger partial charge in [-0.25, -0.2) is 0 Å². The van der Waals surface area contributed by atoms with Gasteiger partial charge in [-0.1, -0.05) is 29.3 Å². The number of halogens is 2. The molecule has 0 aromatic carbocycles. The Hall–Kier alpha value is -0.0200. The number of hydrogen-bond donors (Lipinski definition) is 1. The zero-order chi connectivity index (χ0) is 9.19. The molecule has 0 spiro atoms. The largest absolute Gasteiger partial charge is 0.354 e. The Morgan fingerprint density at radius 2 is 2.42 bits per heavy atom. The Balaban J connectivity index is 2.81. The van der Waals surface area contributed by atoms with Gasteiger partial charge >= 0.3 is 0 Å². The number of hydrogen-bond acceptors (Lipinski definition) is 2. The Morgan fingerprint density at radius 1 is 1.75 bits per heavy atom. The van der Waals surface area contributed by atoms with E-state index < -0.39 is 5.06 Å². The van der Waals surface area contributed by atoms with Gasteiger partial charge in [-0.05, 0) is 19.1 Å². The van der Waals surface area contributed by atoms with Gasteiger partial charge in [-0.2, -0.15) is 0 Å². The van der Waals surface area contributed by atoms with Crippen LogP contribution in [0.3, 0.4) is 0 Å². The summed E-state index contributed by atoms with van der Waals surface area (Å²) in [6, 6.07) is -0.346. The predicted octanol–water partition coefficient (Wildman–Crippen LogP) is 1.98. The maximum Gasteiger partial charge on any atom is 0.180 e. The topological polar surface area (TPSA) is 35.2 Å². The fourth-order valence-corrected chi connectivity index (χ4v) is 1.61. The summed E-state index contributed by atoms with van der Waals surface area (Å²) < 4.78 is 5.28. The standard InChI is InChI=1S/C8H11Cl2NO/c1-2-12-8(10)5-6(9)3-4-7(8)11/h3-5,7H,2,11H2,1H3. The van der Waals surface area contributed by atoms with Crippen molar-refractivity contribution in [3.8, 4) is 0 Å². The first kappa shape index (κ1) is 10.1. The van der Waals surface area contributed by atoms with Crippen molar-refractivity contribution in [2.45, 2.75) is 18.0 Å². The second kappa shape index (κ2) is 3.79. The number of alkyl halides is 1. The first-order chi connectivity index (χ1) is 5.58. The van der Waals surface area contributed by atoms with Crippen LogP contribution in [0, 0.1) is 0 Å². The molecule has 12 heavy (non-hydrogen) atoms. The highest BCUT2D eigenvalue weighted by Crippen LogP contribution is 2.29. The van der Waals surface area contributed by atoms with Gasteiger partial charge in [0.2, 0.25) is 0 Å². The maximum absolute atomic E-state index is 6.06. The summed E-state index contributed by atoms with van der Waals surface area (Å²) in [6.45, 7) is 2.36. The highest BCUT2D eigenvalue weighted by molar-refractivity contribution is 6.33. The van der Waals surface area contributed by atoms with Crippen molar-refractivity contribution in [1.82, 2.24) is 0 Å². The smallest absolute Gasteiger partial charge is 0.180 e. The van der Waals surface area contributed by atoms with E-state index in [1.165, 1.54) is 0 Å². The maximum atomic E-state index is 6.06. The first-order valence-corrected chi connectivity index (χ1v) is 4.49. The molecule has 0 aromatic heterocycles. The van der Waals surface area contributed by atoms with E-state index in [1.807, 2.05) is 6.92 Å². The van der Waals surface area contributed by atoms with E-state index >= 15 is 0 Å². The Morgan fingerprint density at radius 3 is 3.00 bits per heavy atom. The third-order valence-electron chi connectivity index (χ3n) is 1.62. The molecular formula is C8H11Cl2NO. The zero-order valence-electron chi connectivity index (χ0n) is 6.76. The summed E-state index contributed by atoms with van der Waals surface area (Å²) >= 11 is 11.8. The average molecular weight is 208 g/mol. The van der Waals surface area contributed by atoms with Gasteiger partial charge in [-0.15, -0.1) is 0 Å². The molecule has 0 bridgehead atoms. The van der Waals surface area contributed by atoms with Gasteiger partial charge in [0.25, 0.3) is 0 Å². The van der Waals surface area contributed by atoms with E-state index in [0.717, 1.165) is 0 Å². The normalized spacial score (nSPS) is 35.0. The molecule has 1 aliphatic carbocycles. The fourth-order valence-electron chi connectivity index (χ4n) is 1.02. The molecule has 0 saturated heterocycles. The molecule has 2 atom stereocenters. The Kier molecular flexibility index (Phi) is 3.18. The van der Waals surface area contributed by atoms with Gasteiger partial charge in [-0.3, -0.25) is 0 Å². The molecule has 1 rings (SSSR count). The van der Waals surface area contributed by atoms with Crippen LogP contribution < -0.4 is 5.73 Å². The molecule has 0 radical (unpaired) electrons. The molecule has 1 aliphatic rings. The van der Waals surface area contributed by atoms with E-state index in [4.69, 9.17) is 33.7 Å². The number of allylic oxidation sites excluding steroid dienone is 2. The number of nitrogens with two attached hydrogens (primary N) is 1. The van der Waals surface area contributed by atoms with E-state index in [0.29, 0.717) is 11.6 Å². The molecule has 2 unspecified atom stereocenters. The van der Waals surface area contributed by atoms with Crippen LogP contribution in [0.15, 0.2) is 23.3 Å². The van der Waals surface area contributed by atoms with Crippen LogP contribution in [-0.2, 0) is 4.74 Å². The monoisotopic (exact) mass is 207 g/mol. The van der Waals surface area contributed by atoms with Crippen LogP contribution in [0.2, 0.25) is 0 Å². The molecule has 4 heteroatoms. The molecule has 68 valence electrons. The molecule has 0 saturated carbocycles.